The Morgan fingerprint density at radius 1 is 1.37 bits per heavy atom. The van der Waals surface area contributed by atoms with Crippen molar-refractivity contribution in [1.82, 2.24) is 0 Å². The van der Waals surface area contributed by atoms with Crippen LogP contribution in [0.25, 0.3) is 0 Å². The Morgan fingerprint density at radius 2 is 2.05 bits per heavy atom. The van der Waals surface area contributed by atoms with Gasteiger partial charge in [-0.1, -0.05) is 28.9 Å². The van der Waals surface area contributed by atoms with Crippen LogP contribution in [0, 0.1) is 0 Å². The van der Waals surface area contributed by atoms with Crippen LogP contribution >= 0.6 is 15.9 Å². The summed E-state index contributed by atoms with van der Waals surface area (Å²) in [6.07, 6.45) is 0.629. The minimum absolute atomic E-state index is 0.0335. The summed E-state index contributed by atoms with van der Waals surface area (Å²) >= 11 is 3.36. The Labute approximate surface area is 123 Å². The van der Waals surface area contributed by atoms with Crippen molar-refractivity contribution in [1.29, 1.82) is 0 Å². The van der Waals surface area contributed by atoms with Crippen molar-refractivity contribution in [2.75, 3.05) is 18.1 Å². The summed E-state index contributed by atoms with van der Waals surface area (Å²) in [4.78, 5) is 0. The quantitative estimate of drug-likeness (QED) is 0.821. The molecule has 0 aliphatic rings. The molecule has 0 aromatic heterocycles. The molecule has 0 spiro atoms. The Bertz CT molecular complexity index is 515. The van der Waals surface area contributed by atoms with Crippen molar-refractivity contribution in [3.05, 3.63) is 28.2 Å². The third kappa shape index (κ3) is 5.50. The molecule has 0 fully saturated rings. The van der Waals surface area contributed by atoms with E-state index in [2.05, 4.69) is 15.9 Å². The molecule has 1 atom stereocenters. The van der Waals surface area contributed by atoms with Crippen LogP contribution in [0.15, 0.2) is 22.7 Å². The second-order valence-corrected chi connectivity index (χ2v) is 7.69. The van der Waals surface area contributed by atoms with Gasteiger partial charge in [-0.2, -0.15) is 0 Å². The van der Waals surface area contributed by atoms with Gasteiger partial charge in [0.05, 0.1) is 11.5 Å². The van der Waals surface area contributed by atoms with Gasteiger partial charge in [-0.15, -0.1) is 0 Å². The molecule has 108 valence electrons. The van der Waals surface area contributed by atoms with Crippen LogP contribution in [-0.4, -0.2) is 26.5 Å². The summed E-state index contributed by atoms with van der Waals surface area (Å²) in [5.41, 5.74) is 6.73. The number of ether oxygens (including phenoxy) is 1. The van der Waals surface area contributed by atoms with Crippen LogP contribution in [-0.2, 0) is 9.84 Å². The molecule has 0 amide bonds. The summed E-state index contributed by atoms with van der Waals surface area (Å²) in [6.45, 7) is 3.86. The summed E-state index contributed by atoms with van der Waals surface area (Å²) in [6, 6.07) is 5.42. The van der Waals surface area contributed by atoms with Crippen molar-refractivity contribution >= 4 is 25.8 Å². The van der Waals surface area contributed by atoms with E-state index in [-0.39, 0.29) is 24.2 Å². The van der Waals surface area contributed by atoms with Crippen LogP contribution in [0.4, 0.5) is 0 Å². The fourth-order valence-electron chi connectivity index (χ4n) is 1.70. The minimum atomic E-state index is -3.01. The maximum absolute atomic E-state index is 11.6. The molecule has 1 aromatic carbocycles. The lowest BCUT2D eigenvalue weighted by Gasteiger charge is -2.14. The number of hydrogen-bond acceptors (Lipinski definition) is 4. The molecule has 2 N–H and O–H groups in total. The number of rotatable bonds is 7. The summed E-state index contributed by atoms with van der Waals surface area (Å²) in [7, 11) is -3.01. The molecular formula is C13H20BrNO3S. The monoisotopic (exact) mass is 349 g/mol. The Kier molecular flexibility index (Phi) is 6.29. The van der Waals surface area contributed by atoms with Gasteiger partial charge < -0.3 is 10.5 Å². The van der Waals surface area contributed by atoms with E-state index >= 15 is 0 Å². The van der Waals surface area contributed by atoms with Gasteiger partial charge in [-0.25, -0.2) is 8.42 Å². The van der Waals surface area contributed by atoms with E-state index in [0.29, 0.717) is 12.2 Å². The zero-order valence-electron chi connectivity index (χ0n) is 11.2. The standard InChI is InChI=1S/C13H20BrNO3S/c1-3-7-19(16,17)8-6-18-13-9-11(14)4-5-12(13)10(2)15/h4-5,9-10H,3,6-8,15H2,1-2H3/t10-/m1/s1. The van der Waals surface area contributed by atoms with Crippen molar-refractivity contribution in [3.8, 4) is 5.75 Å². The van der Waals surface area contributed by atoms with Gasteiger partial charge in [0.2, 0.25) is 0 Å². The number of hydrogen-bond donors (Lipinski definition) is 1. The van der Waals surface area contributed by atoms with E-state index < -0.39 is 9.84 Å². The first-order valence-electron chi connectivity index (χ1n) is 6.24. The van der Waals surface area contributed by atoms with E-state index in [9.17, 15) is 8.42 Å². The maximum Gasteiger partial charge on any atom is 0.153 e. The minimum Gasteiger partial charge on any atom is -0.492 e. The SMILES string of the molecule is CCCS(=O)(=O)CCOc1cc(Br)ccc1[C@@H](C)N. The molecule has 0 aliphatic carbocycles. The van der Waals surface area contributed by atoms with Crippen LogP contribution in [0.2, 0.25) is 0 Å². The van der Waals surface area contributed by atoms with E-state index in [1.807, 2.05) is 32.0 Å². The average Bonchev–Trinajstić information content (AvgIpc) is 2.28. The van der Waals surface area contributed by atoms with Gasteiger partial charge in [-0.05, 0) is 25.5 Å². The normalized spacial score (nSPS) is 13.3. The molecular weight excluding hydrogens is 330 g/mol. The van der Waals surface area contributed by atoms with Crippen LogP contribution in [0.3, 0.4) is 0 Å². The van der Waals surface area contributed by atoms with Crippen LogP contribution in [0.1, 0.15) is 31.9 Å². The van der Waals surface area contributed by atoms with Crippen molar-refractivity contribution in [2.24, 2.45) is 5.73 Å². The number of halogens is 1. The first-order valence-corrected chi connectivity index (χ1v) is 8.85. The molecule has 0 saturated carbocycles. The van der Waals surface area contributed by atoms with Gasteiger partial charge in [0.15, 0.2) is 9.84 Å². The first-order chi connectivity index (χ1) is 8.85. The van der Waals surface area contributed by atoms with Gasteiger partial charge in [0.1, 0.15) is 12.4 Å². The highest BCUT2D eigenvalue weighted by molar-refractivity contribution is 9.10. The maximum atomic E-state index is 11.6. The lowest BCUT2D eigenvalue weighted by atomic mass is 10.1. The molecule has 1 rings (SSSR count). The van der Waals surface area contributed by atoms with Crippen molar-refractivity contribution in [3.63, 3.8) is 0 Å². The number of sulfone groups is 1. The van der Waals surface area contributed by atoms with Gasteiger partial charge >= 0.3 is 0 Å². The zero-order chi connectivity index (χ0) is 14.5. The van der Waals surface area contributed by atoms with Gasteiger partial charge in [0, 0.05) is 16.1 Å². The number of nitrogens with two attached hydrogens (primary N) is 1. The largest absolute Gasteiger partial charge is 0.492 e. The molecule has 0 saturated heterocycles. The third-order valence-corrected chi connectivity index (χ3v) is 4.95. The second kappa shape index (κ2) is 7.26. The fourth-order valence-corrected chi connectivity index (χ4v) is 3.20. The third-order valence-electron chi connectivity index (χ3n) is 2.63. The van der Waals surface area contributed by atoms with E-state index in [1.165, 1.54) is 0 Å². The lowest BCUT2D eigenvalue weighted by molar-refractivity contribution is 0.335. The fraction of sp³-hybridized carbons (Fsp3) is 0.538. The predicted octanol–water partition coefficient (Wildman–Crippen LogP) is 2.67. The highest BCUT2D eigenvalue weighted by Crippen LogP contribution is 2.27. The topological polar surface area (TPSA) is 69.4 Å². The summed E-state index contributed by atoms with van der Waals surface area (Å²) in [5.74, 6) is 0.872. The highest BCUT2D eigenvalue weighted by atomic mass is 79.9. The van der Waals surface area contributed by atoms with E-state index in [4.69, 9.17) is 10.5 Å². The van der Waals surface area contributed by atoms with E-state index in [1.54, 1.807) is 0 Å². The molecule has 0 heterocycles. The van der Waals surface area contributed by atoms with Crippen molar-refractivity contribution < 1.29 is 13.2 Å². The summed E-state index contributed by atoms with van der Waals surface area (Å²) in [5, 5.41) is 0. The molecule has 19 heavy (non-hydrogen) atoms. The molecule has 6 heteroatoms. The lowest BCUT2D eigenvalue weighted by Crippen LogP contribution is -2.17. The molecule has 0 radical (unpaired) electrons. The summed E-state index contributed by atoms with van der Waals surface area (Å²) < 4.78 is 29.6. The highest BCUT2D eigenvalue weighted by Gasteiger charge is 2.12. The van der Waals surface area contributed by atoms with E-state index in [0.717, 1.165) is 10.0 Å². The van der Waals surface area contributed by atoms with Crippen LogP contribution < -0.4 is 10.5 Å². The Balaban J connectivity index is 2.70. The first kappa shape index (κ1) is 16.5. The molecule has 0 unspecified atom stereocenters. The molecule has 0 aliphatic heterocycles. The smallest absolute Gasteiger partial charge is 0.153 e. The zero-order valence-corrected chi connectivity index (χ0v) is 13.6. The molecule has 1 aromatic rings. The Morgan fingerprint density at radius 3 is 2.63 bits per heavy atom. The average molecular weight is 350 g/mol. The van der Waals surface area contributed by atoms with Crippen molar-refractivity contribution in [2.45, 2.75) is 26.3 Å². The van der Waals surface area contributed by atoms with Crippen LogP contribution in [0.5, 0.6) is 5.75 Å². The molecule has 0 bridgehead atoms. The second-order valence-electron chi connectivity index (χ2n) is 4.47. The van der Waals surface area contributed by atoms with Gasteiger partial charge in [0.25, 0.3) is 0 Å². The van der Waals surface area contributed by atoms with Gasteiger partial charge in [-0.3, -0.25) is 0 Å². The Hall–Kier alpha value is -0.590. The predicted molar refractivity (Wildman–Crippen MR) is 81.2 cm³/mol. The number of benzene rings is 1. The molecule has 4 nitrogen and oxygen atoms in total.